The lowest BCUT2D eigenvalue weighted by Gasteiger charge is -2.06. The summed E-state index contributed by atoms with van der Waals surface area (Å²) in [6.07, 6.45) is 11.7. The van der Waals surface area contributed by atoms with Gasteiger partial charge in [-0.2, -0.15) is 0 Å². The molecule has 0 unspecified atom stereocenters. The number of unbranched alkanes of at least 4 members (excludes halogenated alkanes) is 1. The van der Waals surface area contributed by atoms with Crippen molar-refractivity contribution in [1.82, 2.24) is 5.32 Å². The third-order valence-corrected chi connectivity index (χ3v) is 3.14. The molecule has 20 heavy (non-hydrogen) atoms. The molecule has 0 aliphatic carbocycles. The van der Waals surface area contributed by atoms with Gasteiger partial charge < -0.3 is 5.32 Å². The van der Waals surface area contributed by atoms with Crippen molar-refractivity contribution in [2.24, 2.45) is 5.92 Å². The van der Waals surface area contributed by atoms with Crippen LogP contribution in [0.4, 0.5) is 0 Å². The Morgan fingerprint density at radius 1 is 1.20 bits per heavy atom. The standard InChI is InChI=1S/C18H25NS/c1-16(2)15-19-18(20)14-10-5-3-4-7-11-17-12-8-6-9-13-17/h3,5-6,8-10,12-14,16H,4,7,11,15H2,1-2H3,(H,19,20). The highest BCUT2D eigenvalue weighted by molar-refractivity contribution is 7.80. The molecular weight excluding hydrogens is 262 g/mol. The summed E-state index contributed by atoms with van der Waals surface area (Å²) in [5, 5.41) is 3.22. The van der Waals surface area contributed by atoms with Gasteiger partial charge in [0.1, 0.15) is 0 Å². The summed E-state index contributed by atoms with van der Waals surface area (Å²) in [6.45, 7) is 5.28. The van der Waals surface area contributed by atoms with Crippen molar-refractivity contribution in [1.29, 1.82) is 0 Å². The molecule has 0 radical (unpaired) electrons. The molecule has 0 fully saturated rings. The van der Waals surface area contributed by atoms with E-state index in [1.54, 1.807) is 0 Å². The molecule has 0 saturated carbocycles. The van der Waals surface area contributed by atoms with Crippen LogP contribution in [0, 0.1) is 5.92 Å². The Labute approximate surface area is 128 Å². The number of hydrogen-bond donors (Lipinski definition) is 1. The molecule has 0 aliphatic rings. The van der Waals surface area contributed by atoms with E-state index in [-0.39, 0.29) is 0 Å². The summed E-state index contributed by atoms with van der Waals surface area (Å²) in [4.78, 5) is 0.813. The molecule has 2 heteroatoms. The average Bonchev–Trinajstić information content (AvgIpc) is 2.45. The number of hydrogen-bond acceptors (Lipinski definition) is 1. The van der Waals surface area contributed by atoms with Crippen molar-refractivity contribution in [2.75, 3.05) is 6.54 Å². The number of benzene rings is 1. The van der Waals surface area contributed by atoms with Gasteiger partial charge in [-0.25, -0.2) is 0 Å². The molecule has 0 saturated heterocycles. The predicted molar refractivity (Wildman–Crippen MR) is 93.1 cm³/mol. The number of aryl methyl sites for hydroxylation is 1. The van der Waals surface area contributed by atoms with Gasteiger partial charge in [0.15, 0.2) is 0 Å². The van der Waals surface area contributed by atoms with Crippen LogP contribution in [0.25, 0.3) is 0 Å². The van der Waals surface area contributed by atoms with Gasteiger partial charge in [0.25, 0.3) is 0 Å². The lowest BCUT2D eigenvalue weighted by atomic mass is 10.1. The molecule has 0 spiro atoms. The summed E-state index contributed by atoms with van der Waals surface area (Å²) in [5.74, 6) is 0.620. The highest BCUT2D eigenvalue weighted by Crippen LogP contribution is 2.04. The van der Waals surface area contributed by atoms with Crippen molar-refractivity contribution in [3.63, 3.8) is 0 Å². The number of allylic oxidation sites excluding steroid dienone is 3. The van der Waals surface area contributed by atoms with Crippen molar-refractivity contribution in [2.45, 2.75) is 33.1 Å². The van der Waals surface area contributed by atoms with E-state index in [1.807, 2.05) is 12.2 Å². The molecule has 0 aromatic heterocycles. The number of nitrogens with one attached hydrogen (secondary N) is 1. The molecule has 0 heterocycles. The number of rotatable bonds is 8. The van der Waals surface area contributed by atoms with Crippen LogP contribution in [0.15, 0.2) is 54.6 Å². The SMILES string of the molecule is CC(C)CNC(=S)C=CC=CCCCc1ccccc1. The second-order valence-corrected chi connectivity index (χ2v) is 5.74. The largest absolute Gasteiger partial charge is 0.376 e. The fourth-order valence-corrected chi connectivity index (χ4v) is 1.91. The first-order valence-corrected chi connectivity index (χ1v) is 7.74. The van der Waals surface area contributed by atoms with E-state index in [0.717, 1.165) is 24.4 Å². The van der Waals surface area contributed by atoms with Crippen LogP contribution in [0.1, 0.15) is 32.3 Å². The Morgan fingerprint density at radius 3 is 2.65 bits per heavy atom. The Bertz CT molecular complexity index is 432. The first-order chi connectivity index (χ1) is 9.68. The third-order valence-electron chi connectivity index (χ3n) is 2.86. The monoisotopic (exact) mass is 287 g/mol. The van der Waals surface area contributed by atoms with Crippen molar-refractivity contribution in [3.05, 3.63) is 60.2 Å². The lowest BCUT2D eigenvalue weighted by Crippen LogP contribution is -2.23. The van der Waals surface area contributed by atoms with Gasteiger partial charge in [-0.1, -0.05) is 74.6 Å². The lowest BCUT2D eigenvalue weighted by molar-refractivity contribution is 0.628. The summed E-state index contributed by atoms with van der Waals surface area (Å²) in [6, 6.07) is 10.6. The van der Waals surface area contributed by atoms with E-state index in [1.165, 1.54) is 12.0 Å². The van der Waals surface area contributed by atoms with Gasteiger partial charge >= 0.3 is 0 Å². The molecule has 1 aromatic rings. The molecule has 0 atom stereocenters. The van der Waals surface area contributed by atoms with Crippen LogP contribution in [-0.4, -0.2) is 11.5 Å². The van der Waals surface area contributed by atoms with Gasteiger partial charge in [0, 0.05) is 6.54 Å². The second-order valence-electron chi connectivity index (χ2n) is 5.30. The van der Waals surface area contributed by atoms with Crippen LogP contribution >= 0.6 is 12.2 Å². The van der Waals surface area contributed by atoms with E-state index in [2.05, 4.69) is 61.6 Å². The molecular formula is C18H25NS. The molecule has 108 valence electrons. The molecule has 0 aliphatic heterocycles. The smallest absolute Gasteiger partial charge is 0.0988 e. The fourth-order valence-electron chi connectivity index (χ4n) is 1.75. The minimum atomic E-state index is 0.620. The summed E-state index contributed by atoms with van der Waals surface area (Å²) in [5.41, 5.74) is 1.41. The minimum absolute atomic E-state index is 0.620. The quantitative estimate of drug-likeness (QED) is 0.322. The van der Waals surface area contributed by atoms with Gasteiger partial charge in [-0.15, -0.1) is 0 Å². The van der Waals surface area contributed by atoms with E-state index in [9.17, 15) is 0 Å². The maximum absolute atomic E-state index is 5.21. The number of thiocarbonyl (C=S) groups is 1. The van der Waals surface area contributed by atoms with E-state index in [0.29, 0.717) is 5.92 Å². The van der Waals surface area contributed by atoms with Crippen LogP contribution in [0.5, 0.6) is 0 Å². The Morgan fingerprint density at radius 2 is 1.95 bits per heavy atom. The third kappa shape index (κ3) is 8.65. The summed E-state index contributed by atoms with van der Waals surface area (Å²) < 4.78 is 0. The molecule has 1 nitrogen and oxygen atoms in total. The van der Waals surface area contributed by atoms with E-state index in [4.69, 9.17) is 12.2 Å². The first kappa shape index (κ1) is 16.6. The Hall–Kier alpha value is -1.41. The molecule has 0 amide bonds. The fraction of sp³-hybridized carbons (Fsp3) is 0.389. The van der Waals surface area contributed by atoms with Crippen LogP contribution in [-0.2, 0) is 6.42 Å². The van der Waals surface area contributed by atoms with Crippen LogP contribution in [0.3, 0.4) is 0 Å². The molecule has 1 aromatic carbocycles. The zero-order chi connectivity index (χ0) is 14.6. The first-order valence-electron chi connectivity index (χ1n) is 7.33. The van der Waals surface area contributed by atoms with E-state index < -0.39 is 0 Å². The zero-order valence-corrected chi connectivity index (χ0v) is 13.3. The van der Waals surface area contributed by atoms with Crippen LogP contribution < -0.4 is 5.32 Å². The topological polar surface area (TPSA) is 12.0 Å². The summed E-state index contributed by atoms with van der Waals surface area (Å²) >= 11 is 5.21. The van der Waals surface area contributed by atoms with Crippen LogP contribution in [0.2, 0.25) is 0 Å². The molecule has 1 rings (SSSR count). The van der Waals surface area contributed by atoms with Gasteiger partial charge in [-0.3, -0.25) is 0 Å². The maximum atomic E-state index is 5.21. The van der Waals surface area contributed by atoms with Crippen molar-refractivity contribution in [3.8, 4) is 0 Å². The van der Waals surface area contributed by atoms with Gasteiger partial charge in [0.05, 0.1) is 4.99 Å². The van der Waals surface area contributed by atoms with Crippen molar-refractivity contribution >= 4 is 17.2 Å². The highest BCUT2D eigenvalue weighted by atomic mass is 32.1. The minimum Gasteiger partial charge on any atom is -0.376 e. The zero-order valence-electron chi connectivity index (χ0n) is 12.5. The molecule has 1 N–H and O–H groups in total. The van der Waals surface area contributed by atoms with E-state index >= 15 is 0 Å². The predicted octanol–water partition coefficient (Wildman–Crippen LogP) is 4.69. The van der Waals surface area contributed by atoms with Gasteiger partial charge in [-0.05, 0) is 36.8 Å². The molecule has 0 bridgehead atoms. The normalized spacial score (nSPS) is 11.6. The second kappa shape index (κ2) is 10.4. The Balaban J connectivity index is 2.11. The van der Waals surface area contributed by atoms with Gasteiger partial charge in [0.2, 0.25) is 0 Å². The van der Waals surface area contributed by atoms with Crippen molar-refractivity contribution < 1.29 is 0 Å². The average molecular weight is 287 g/mol. The Kier molecular flexibility index (Phi) is 8.64. The summed E-state index contributed by atoms with van der Waals surface area (Å²) in [7, 11) is 0. The maximum Gasteiger partial charge on any atom is 0.0988 e. The highest BCUT2D eigenvalue weighted by Gasteiger charge is 1.93.